The molecular weight excluding hydrogens is 302 g/mol. The Morgan fingerprint density at radius 1 is 1.12 bits per heavy atom. The fourth-order valence-corrected chi connectivity index (χ4v) is 2.70. The summed E-state index contributed by atoms with van der Waals surface area (Å²) in [6.07, 6.45) is 3.45. The number of benzene rings is 1. The van der Waals surface area contributed by atoms with Crippen LogP contribution in [0.5, 0.6) is 0 Å². The van der Waals surface area contributed by atoms with Crippen LogP contribution < -0.4 is 4.90 Å². The third-order valence-corrected chi connectivity index (χ3v) is 4.02. The zero-order valence-corrected chi connectivity index (χ0v) is 14.2. The molecule has 2 heterocycles. The van der Waals surface area contributed by atoms with Crippen LogP contribution in [0.3, 0.4) is 0 Å². The molecule has 0 aliphatic heterocycles. The van der Waals surface area contributed by atoms with E-state index in [0.717, 1.165) is 35.4 Å². The molecule has 1 aromatic carbocycles. The van der Waals surface area contributed by atoms with Crippen LogP contribution in [0, 0.1) is 0 Å². The van der Waals surface area contributed by atoms with Gasteiger partial charge in [0.15, 0.2) is 0 Å². The first-order valence-electron chi connectivity index (χ1n) is 7.98. The zero-order chi connectivity index (χ0) is 17.1. The third kappa shape index (κ3) is 3.11. The van der Waals surface area contributed by atoms with Gasteiger partial charge in [-0.3, -0.25) is 4.79 Å². The number of aromatic nitrogens is 1. The summed E-state index contributed by atoms with van der Waals surface area (Å²) in [5.74, 6) is 0.927. The minimum absolute atomic E-state index is 0.0127. The number of hydrogen-bond acceptors (Lipinski definition) is 4. The molecule has 0 aliphatic rings. The maximum Gasteiger partial charge on any atom is 0.253 e. The lowest BCUT2D eigenvalue weighted by Crippen LogP contribution is -2.24. The summed E-state index contributed by atoms with van der Waals surface area (Å²) in [7, 11) is 3.51. The van der Waals surface area contributed by atoms with E-state index in [9.17, 15) is 4.79 Å². The first kappa shape index (κ1) is 16.1. The smallest absolute Gasteiger partial charge is 0.253 e. The molecule has 0 saturated carbocycles. The van der Waals surface area contributed by atoms with Crippen LogP contribution in [0.25, 0.3) is 11.0 Å². The molecule has 5 nitrogen and oxygen atoms in total. The second kappa shape index (κ2) is 6.74. The normalized spacial score (nSPS) is 10.8. The number of anilines is 1. The summed E-state index contributed by atoms with van der Waals surface area (Å²) in [6.45, 7) is 3.66. The van der Waals surface area contributed by atoms with Gasteiger partial charge in [0.05, 0.1) is 11.6 Å². The van der Waals surface area contributed by atoms with Gasteiger partial charge in [0.25, 0.3) is 5.91 Å². The molecular formula is C19H21N3O2. The Morgan fingerprint density at radius 3 is 2.54 bits per heavy atom. The summed E-state index contributed by atoms with van der Waals surface area (Å²) in [4.78, 5) is 20.3. The molecule has 24 heavy (non-hydrogen) atoms. The van der Waals surface area contributed by atoms with Gasteiger partial charge in [-0.25, -0.2) is 4.98 Å². The number of carbonyl (C=O) groups is 1. The van der Waals surface area contributed by atoms with E-state index in [1.807, 2.05) is 36.4 Å². The number of fused-ring (bicyclic) bond motifs is 1. The average molecular weight is 323 g/mol. The number of rotatable bonds is 5. The minimum atomic E-state index is 0.0127. The van der Waals surface area contributed by atoms with Crippen molar-refractivity contribution in [1.29, 1.82) is 0 Å². The van der Waals surface area contributed by atoms with Gasteiger partial charge in [-0.05, 0) is 36.8 Å². The fourth-order valence-electron chi connectivity index (χ4n) is 2.70. The highest BCUT2D eigenvalue weighted by Crippen LogP contribution is 2.26. The van der Waals surface area contributed by atoms with Gasteiger partial charge < -0.3 is 14.2 Å². The van der Waals surface area contributed by atoms with Crippen molar-refractivity contribution < 1.29 is 9.21 Å². The topological polar surface area (TPSA) is 49.6 Å². The third-order valence-electron chi connectivity index (χ3n) is 4.02. The van der Waals surface area contributed by atoms with Gasteiger partial charge in [0.2, 0.25) is 0 Å². The monoisotopic (exact) mass is 323 g/mol. The molecule has 0 saturated heterocycles. The van der Waals surface area contributed by atoms with Gasteiger partial charge in [0.1, 0.15) is 11.4 Å². The average Bonchev–Trinajstić information content (AvgIpc) is 3.08. The molecule has 0 aliphatic carbocycles. The van der Waals surface area contributed by atoms with Crippen molar-refractivity contribution in [3.05, 3.63) is 60.0 Å². The van der Waals surface area contributed by atoms with E-state index in [2.05, 4.69) is 16.8 Å². The minimum Gasteiger partial charge on any atom is -0.464 e. The van der Waals surface area contributed by atoms with Crippen molar-refractivity contribution in [1.82, 2.24) is 9.88 Å². The van der Waals surface area contributed by atoms with E-state index in [1.54, 1.807) is 31.5 Å². The Morgan fingerprint density at radius 2 is 1.88 bits per heavy atom. The second-order valence-corrected chi connectivity index (χ2v) is 5.88. The van der Waals surface area contributed by atoms with E-state index in [0.29, 0.717) is 5.56 Å². The lowest BCUT2D eigenvalue weighted by molar-refractivity contribution is 0.0827. The second-order valence-electron chi connectivity index (χ2n) is 5.88. The van der Waals surface area contributed by atoms with Crippen molar-refractivity contribution in [3.63, 3.8) is 0 Å². The fraction of sp³-hybridized carbons (Fsp3) is 0.263. The first-order valence-corrected chi connectivity index (χ1v) is 7.98. The van der Waals surface area contributed by atoms with Crippen molar-refractivity contribution in [3.8, 4) is 0 Å². The molecule has 124 valence electrons. The molecule has 0 unspecified atom stereocenters. The molecule has 0 atom stereocenters. The van der Waals surface area contributed by atoms with Crippen LogP contribution in [0.15, 0.2) is 53.3 Å². The number of amides is 1. The molecule has 0 N–H and O–H groups in total. The van der Waals surface area contributed by atoms with Crippen molar-refractivity contribution in [2.75, 3.05) is 25.5 Å². The van der Waals surface area contributed by atoms with Gasteiger partial charge in [-0.15, -0.1) is 0 Å². The largest absolute Gasteiger partial charge is 0.464 e. The number of furan rings is 1. The van der Waals surface area contributed by atoms with Crippen LogP contribution in [0.2, 0.25) is 0 Å². The van der Waals surface area contributed by atoms with Crippen LogP contribution in [-0.4, -0.2) is 36.4 Å². The highest BCUT2D eigenvalue weighted by molar-refractivity contribution is 5.94. The molecule has 1 amide bonds. The Bertz CT molecular complexity index is 837. The highest BCUT2D eigenvalue weighted by atomic mass is 16.3. The predicted molar refractivity (Wildman–Crippen MR) is 95.2 cm³/mol. The maximum absolute atomic E-state index is 12.0. The molecule has 0 radical (unpaired) electrons. The SMILES string of the molecule is CCN(Cc1ccc(C(=O)N(C)C)cc1)c1nccc2occc12. The van der Waals surface area contributed by atoms with Gasteiger partial charge in [0, 0.05) is 38.9 Å². The Kier molecular flexibility index (Phi) is 4.51. The van der Waals surface area contributed by atoms with Gasteiger partial charge in [-0.1, -0.05) is 12.1 Å². The van der Waals surface area contributed by atoms with Gasteiger partial charge in [-0.2, -0.15) is 0 Å². The van der Waals surface area contributed by atoms with E-state index in [4.69, 9.17) is 4.42 Å². The molecule has 3 rings (SSSR count). The van der Waals surface area contributed by atoms with Gasteiger partial charge >= 0.3 is 0 Å². The number of nitrogens with zero attached hydrogens (tertiary/aromatic N) is 3. The number of hydrogen-bond donors (Lipinski definition) is 0. The van der Waals surface area contributed by atoms with E-state index >= 15 is 0 Å². The Hall–Kier alpha value is -2.82. The molecule has 0 spiro atoms. The zero-order valence-electron chi connectivity index (χ0n) is 14.2. The van der Waals surface area contributed by atoms with Crippen LogP contribution in [0.1, 0.15) is 22.8 Å². The summed E-state index contributed by atoms with van der Waals surface area (Å²) in [5.41, 5.74) is 2.67. The van der Waals surface area contributed by atoms with E-state index in [1.165, 1.54) is 0 Å². The standard InChI is InChI=1S/C19H21N3O2/c1-4-22(18-16-10-12-24-17(16)9-11-20-18)13-14-5-7-15(8-6-14)19(23)21(2)3/h5-12H,4,13H2,1-3H3. The van der Waals surface area contributed by atoms with E-state index in [-0.39, 0.29) is 5.91 Å². The van der Waals surface area contributed by atoms with Crippen LogP contribution >= 0.6 is 0 Å². The Labute approximate surface area is 141 Å². The maximum atomic E-state index is 12.0. The molecule has 5 heteroatoms. The Balaban J connectivity index is 1.83. The van der Waals surface area contributed by atoms with E-state index < -0.39 is 0 Å². The number of carbonyl (C=O) groups excluding carboxylic acids is 1. The molecule has 2 aromatic heterocycles. The van der Waals surface area contributed by atoms with Crippen LogP contribution in [0.4, 0.5) is 5.82 Å². The summed E-state index contributed by atoms with van der Waals surface area (Å²) >= 11 is 0. The lowest BCUT2D eigenvalue weighted by Gasteiger charge is -2.22. The van der Waals surface area contributed by atoms with Crippen molar-refractivity contribution >= 4 is 22.7 Å². The molecule has 0 fully saturated rings. The van der Waals surface area contributed by atoms with Crippen molar-refractivity contribution in [2.24, 2.45) is 0 Å². The molecule has 0 bridgehead atoms. The quantitative estimate of drug-likeness (QED) is 0.720. The summed E-state index contributed by atoms with van der Waals surface area (Å²) in [6, 6.07) is 11.5. The van der Waals surface area contributed by atoms with Crippen LogP contribution in [-0.2, 0) is 6.54 Å². The summed E-state index contributed by atoms with van der Waals surface area (Å²) in [5, 5.41) is 1.01. The predicted octanol–water partition coefficient (Wildman–Crippen LogP) is 3.56. The van der Waals surface area contributed by atoms with Crippen molar-refractivity contribution in [2.45, 2.75) is 13.5 Å². The molecule has 3 aromatic rings. The summed E-state index contributed by atoms with van der Waals surface area (Å²) < 4.78 is 5.46. The number of pyridine rings is 1. The highest BCUT2D eigenvalue weighted by Gasteiger charge is 2.13. The first-order chi connectivity index (χ1) is 11.6. The lowest BCUT2D eigenvalue weighted by atomic mass is 10.1.